The maximum Gasteiger partial charge on any atom is 0.152 e. The van der Waals surface area contributed by atoms with Crippen LogP contribution in [0.3, 0.4) is 0 Å². The Bertz CT molecular complexity index is 305. The number of rotatable bonds is 9. The van der Waals surface area contributed by atoms with E-state index in [1.807, 2.05) is 13.8 Å². The summed E-state index contributed by atoms with van der Waals surface area (Å²) in [5.74, 6) is 0.778. The molecule has 0 bridgehead atoms. The summed E-state index contributed by atoms with van der Waals surface area (Å²) >= 11 is 0. The van der Waals surface area contributed by atoms with Crippen molar-refractivity contribution < 1.29 is 13.2 Å². The van der Waals surface area contributed by atoms with E-state index in [1.54, 1.807) is 13.8 Å². The predicted molar refractivity (Wildman–Crippen MR) is 83.3 cm³/mol. The molecule has 0 aliphatic heterocycles. The maximum absolute atomic E-state index is 11.1. The van der Waals surface area contributed by atoms with Crippen molar-refractivity contribution in [2.45, 2.75) is 84.8 Å². The van der Waals surface area contributed by atoms with Crippen LogP contribution < -0.4 is 0 Å². The van der Waals surface area contributed by atoms with Crippen molar-refractivity contribution in [3.05, 3.63) is 0 Å². The summed E-state index contributed by atoms with van der Waals surface area (Å²) in [6.45, 7) is 9.61. The Balaban J connectivity index is 0. The topological polar surface area (TPSA) is 51.2 Å². The zero-order valence-electron chi connectivity index (χ0n) is 13.4. The van der Waals surface area contributed by atoms with E-state index in [0.717, 1.165) is 44.9 Å². The molecule has 0 spiro atoms. The van der Waals surface area contributed by atoms with Crippen molar-refractivity contribution in [1.29, 1.82) is 0 Å². The largest absolute Gasteiger partial charge is 0.300 e. The van der Waals surface area contributed by atoms with E-state index in [0.29, 0.717) is 11.5 Å². The number of carbonyl (C=O) groups is 1. The molecule has 0 saturated heterocycles. The molecule has 0 amide bonds. The van der Waals surface area contributed by atoms with Gasteiger partial charge >= 0.3 is 0 Å². The Kier molecular flexibility index (Phi) is 13.9. The van der Waals surface area contributed by atoms with Gasteiger partial charge in [-0.3, -0.25) is 4.79 Å². The van der Waals surface area contributed by atoms with E-state index in [-0.39, 0.29) is 5.25 Å². The molecule has 0 heterocycles. The molecule has 0 aliphatic rings. The Labute approximate surface area is 120 Å². The minimum atomic E-state index is -2.76. The molecular weight excluding hydrogens is 260 g/mol. The van der Waals surface area contributed by atoms with Crippen LogP contribution in [-0.4, -0.2) is 25.2 Å². The lowest BCUT2D eigenvalue weighted by Crippen LogP contribution is -2.17. The SMILES string of the molecule is CCCCC(=O)CCC.CCCCS(=O)(=O)C(C)C. The van der Waals surface area contributed by atoms with Gasteiger partial charge in [-0.1, -0.05) is 33.6 Å². The number of carbonyl (C=O) groups excluding carboxylic acids is 1. The molecule has 0 saturated carbocycles. The van der Waals surface area contributed by atoms with Crippen molar-refractivity contribution >= 4 is 15.6 Å². The molecular formula is C15H32O3S. The third kappa shape index (κ3) is 13.8. The quantitative estimate of drug-likeness (QED) is 0.641. The van der Waals surface area contributed by atoms with Gasteiger partial charge in [0.15, 0.2) is 9.84 Å². The van der Waals surface area contributed by atoms with Crippen molar-refractivity contribution in [2.75, 3.05) is 5.75 Å². The van der Waals surface area contributed by atoms with Crippen LogP contribution in [0.4, 0.5) is 0 Å². The zero-order chi connectivity index (χ0) is 15.3. The predicted octanol–water partition coefficient (Wildman–Crippen LogP) is 4.16. The van der Waals surface area contributed by atoms with Gasteiger partial charge in [0.05, 0.1) is 11.0 Å². The van der Waals surface area contributed by atoms with Gasteiger partial charge in [0, 0.05) is 12.8 Å². The van der Waals surface area contributed by atoms with Crippen LogP contribution in [0, 0.1) is 0 Å². The van der Waals surface area contributed by atoms with Gasteiger partial charge in [-0.2, -0.15) is 0 Å². The molecule has 0 rings (SSSR count). The molecule has 0 aromatic carbocycles. The molecule has 0 radical (unpaired) electrons. The fraction of sp³-hybridized carbons (Fsp3) is 0.933. The zero-order valence-corrected chi connectivity index (χ0v) is 14.2. The molecule has 0 fully saturated rings. The van der Waals surface area contributed by atoms with E-state index >= 15 is 0 Å². The molecule has 0 N–H and O–H groups in total. The fourth-order valence-corrected chi connectivity index (χ4v) is 2.52. The molecule has 0 aliphatic carbocycles. The summed E-state index contributed by atoms with van der Waals surface area (Å²) < 4.78 is 22.2. The third-order valence-corrected chi connectivity index (χ3v) is 5.13. The first kappa shape index (κ1) is 20.9. The van der Waals surface area contributed by atoms with E-state index in [9.17, 15) is 13.2 Å². The summed E-state index contributed by atoms with van der Waals surface area (Å²) in [6.07, 6.45) is 6.52. The van der Waals surface area contributed by atoms with Crippen LogP contribution in [0.2, 0.25) is 0 Å². The summed E-state index contributed by atoms with van der Waals surface area (Å²) in [5.41, 5.74) is 0. The molecule has 19 heavy (non-hydrogen) atoms. The van der Waals surface area contributed by atoms with Gasteiger partial charge in [0.2, 0.25) is 0 Å². The fourth-order valence-electron chi connectivity index (χ4n) is 1.36. The molecule has 0 aromatic rings. The van der Waals surface area contributed by atoms with Crippen molar-refractivity contribution in [1.82, 2.24) is 0 Å². The minimum absolute atomic E-state index is 0.209. The summed E-state index contributed by atoms with van der Waals surface area (Å²) in [5, 5.41) is -0.209. The Hall–Kier alpha value is -0.380. The number of sulfone groups is 1. The van der Waals surface area contributed by atoms with Crippen LogP contribution in [0.5, 0.6) is 0 Å². The Morgan fingerprint density at radius 3 is 1.79 bits per heavy atom. The van der Waals surface area contributed by atoms with Crippen LogP contribution in [-0.2, 0) is 14.6 Å². The molecule has 116 valence electrons. The molecule has 3 nitrogen and oxygen atoms in total. The van der Waals surface area contributed by atoms with E-state index in [2.05, 4.69) is 6.92 Å². The monoisotopic (exact) mass is 292 g/mol. The minimum Gasteiger partial charge on any atom is -0.300 e. The van der Waals surface area contributed by atoms with Gasteiger partial charge in [0.25, 0.3) is 0 Å². The Morgan fingerprint density at radius 1 is 0.895 bits per heavy atom. The van der Waals surface area contributed by atoms with Crippen LogP contribution in [0.1, 0.15) is 79.6 Å². The van der Waals surface area contributed by atoms with Crippen LogP contribution in [0.25, 0.3) is 0 Å². The highest BCUT2D eigenvalue weighted by molar-refractivity contribution is 7.91. The number of hydrogen-bond donors (Lipinski definition) is 0. The second-order valence-corrected chi connectivity index (χ2v) is 7.84. The van der Waals surface area contributed by atoms with Crippen molar-refractivity contribution in [2.24, 2.45) is 0 Å². The van der Waals surface area contributed by atoms with Crippen molar-refractivity contribution in [3.63, 3.8) is 0 Å². The van der Waals surface area contributed by atoms with Gasteiger partial charge in [-0.25, -0.2) is 8.42 Å². The lowest BCUT2D eigenvalue weighted by Gasteiger charge is -2.05. The number of ketones is 1. The van der Waals surface area contributed by atoms with Crippen LogP contribution in [0.15, 0.2) is 0 Å². The molecule has 4 heteroatoms. The summed E-state index contributed by atoms with van der Waals surface area (Å²) in [4.78, 5) is 10.8. The van der Waals surface area contributed by atoms with Gasteiger partial charge in [-0.15, -0.1) is 0 Å². The second-order valence-electron chi connectivity index (χ2n) is 5.16. The third-order valence-electron chi connectivity index (χ3n) is 2.84. The van der Waals surface area contributed by atoms with E-state index in [4.69, 9.17) is 0 Å². The molecule has 0 aromatic heterocycles. The highest BCUT2D eigenvalue weighted by atomic mass is 32.2. The number of unbranched alkanes of at least 4 members (excludes halogenated alkanes) is 2. The molecule has 0 unspecified atom stereocenters. The number of hydrogen-bond acceptors (Lipinski definition) is 3. The first-order valence-corrected chi connectivity index (χ1v) is 9.26. The van der Waals surface area contributed by atoms with E-state index < -0.39 is 9.84 Å². The highest BCUT2D eigenvalue weighted by Crippen LogP contribution is 2.03. The summed E-state index contributed by atoms with van der Waals surface area (Å²) in [6, 6.07) is 0. The standard InChI is InChI=1S/C8H16O.C7H16O2S/c1-3-5-7-8(9)6-4-2;1-4-5-6-10(8,9)7(2)3/h3-7H2,1-2H3;7H,4-6H2,1-3H3. The number of Topliss-reactive ketones (excluding diaryl/α,β-unsaturated/α-hetero) is 1. The first-order valence-electron chi connectivity index (χ1n) is 7.54. The normalized spacial score (nSPS) is 11.1. The van der Waals surface area contributed by atoms with E-state index in [1.165, 1.54) is 0 Å². The maximum atomic E-state index is 11.1. The second kappa shape index (κ2) is 12.6. The lowest BCUT2D eigenvalue weighted by molar-refractivity contribution is -0.119. The van der Waals surface area contributed by atoms with Crippen molar-refractivity contribution in [3.8, 4) is 0 Å². The highest BCUT2D eigenvalue weighted by Gasteiger charge is 2.13. The van der Waals surface area contributed by atoms with Gasteiger partial charge in [-0.05, 0) is 33.1 Å². The van der Waals surface area contributed by atoms with Gasteiger partial charge in [0.1, 0.15) is 5.78 Å². The average Bonchev–Trinajstić information content (AvgIpc) is 2.35. The molecule has 0 atom stereocenters. The van der Waals surface area contributed by atoms with Crippen LogP contribution >= 0.6 is 0 Å². The smallest absolute Gasteiger partial charge is 0.152 e. The summed E-state index contributed by atoms with van der Waals surface area (Å²) in [7, 11) is -2.76. The lowest BCUT2D eigenvalue weighted by atomic mass is 10.1. The first-order chi connectivity index (χ1) is 8.81. The average molecular weight is 292 g/mol. The van der Waals surface area contributed by atoms with Gasteiger partial charge < -0.3 is 0 Å². The Morgan fingerprint density at radius 2 is 1.42 bits per heavy atom.